The minimum absolute atomic E-state index is 0.0151. The highest BCUT2D eigenvalue weighted by Gasteiger charge is 2.36. The number of imide groups is 1. The Bertz CT molecular complexity index is 1370. The minimum Gasteiger partial charge on any atom is -0.356 e. The Hall–Kier alpha value is -4.05. The van der Waals surface area contributed by atoms with Crippen molar-refractivity contribution < 1.29 is 23.8 Å². The van der Waals surface area contributed by atoms with Crippen LogP contribution in [0.2, 0.25) is 5.02 Å². The van der Waals surface area contributed by atoms with Crippen LogP contribution in [-0.2, 0) is 17.8 Å². The zero-order valence-corrected chi connectivity index (χ0v) is 19.2. The van der Waals surface area contributed by atoms with Gasteiger partial charge < -0.3 is 9.42 Å². The lowest BCUT2D eigenvalue weighted by molar-refractivity contribution is -0.384. The van der Waals surface area contributed by atoms with E-state index in [2.05, 4.69) is 5.16 Å². The number of nitro groups is 1. The lowest BCUT2D eigenvalue weighted by Crippen LogP contribution is -2.37. The standard InChI is InChI=1S/C24H19ClN4O6/c25-15-5-3-14(4-6-15)22-19-13-27(11-9-20(19)26-35-22)21(30)2-1-10-28-23(31)17-8-7-16(29(33)34)12-18(17)24(28)32/h3-8,12H,1-2,9-11,13H2. The molecule has 178 valence electrons. The molecule has 0 bridgehead atoms. The summed E-state index contributed by atoms with van der Waals surface area (Å²) in [6.07, 6.45) is 0.989. The van der Waals surface area contributed by atoms with E-state index in [-0.39, 0.29) is 42.1 Å². The van der Waals surface area contributed by atoms with Crippen LogP contribution < -0.4 is 0 Å². The van der Waals surface area contributed by atoms with E-state index in [9.17, 15) is 24.5 Å². The third-order valence-electron chi connectivity index (χ3n) is 6.23. The molecule has 0 unspecified atom stereocenters. The Morgan fingerprint density at radius 2 is 1.86 bits per heavy atom. The molecule has 10 nitrogen and oxygen atoms in total. The maximum atomic E-state index is 12.9. The second kappa shape index (κ2) is 8.95. The number of halogens is 1. The highest BCUT2D eigenvalue weighted by atomic mass is 35.5. The molecule has 0 N–H and O–H groups in total. The van der Waals surface area contributed by atoms with Crippen LogP contribution in [0.1, 0.15) is 44.8 Å². The molecule has 2 aliphatic heterocycles. The molecular formula is C24H19ClN4O6. The predicted molar refractivity (Wildman–Crippen MR) is 124 cm³/mol. The number of nitro benzene ring substituents is 1. The molecule has 0 saturated heterocycles. The minimum atomic E-state index is -0.614. The first-order chi connectivity index (χ1) is 16.8. The first-order valence-electron chi connectivity index (χ1n) is 11.0. The van der Waals surface area contributed by atoms with Crippen LogP contribution in [0.5, 0.6) is 0 Å². The summed E-state index contributed by atoms with van der Waals surface area (Å²) in [6, 6.07) is 10.8. The van der Waals surface area contributed by atoms with Crippen molar-refractivity contribution in [1.29, 1.82) is 0 Å². The van der Waals surface area contributed by atoms with Crippen LogP contribution in [0.4, 0.5) is 5.69 Å². The Morgan fingerprint density at radius 1 is 1.11 bits per heavy atom. The van der Waals surface area contributed by atoms with E-state index < -0.39 is 16.7 Å². The predicted octanol–water partition coefficient (Wildman–Crippen LogP) is 3.86. The fourth-order valence-corrected chi connectivity index (χ4v) is 4.52. The summed E-state index contributed by atoms with van der Waals surface area (Å²) in [4.78, 5) is 51.2. The van der Waals surface area contributed by atoms with Gasteiger partial charge in [0, 0.05) is 54.2 Å². The number of hydrogen-bond donors (Lipinski definition) is 0. The first kappa shape index (κ1) is 22.7. The number of benzene rings is 2. The maximum absolute atomic E-state index is 12.9. The molecule has 2 aliphatic rings. The molecule has 3 aromatic rings. The monoisotopic (exact) mass is 494 g/mol. The van der Waals surface area contributed by atoms with Crippen molar-refractivity contribution in [3.05, 3.63) is 80.0 Å². The van der Waals surface area contributed by atoms with E-state index in [0.29, 0.717) is 30.3 Å². The molecule has 0 fully saturated rings. The molecule has 2 aromatic carbocycles. The molecule has 0 saturated carbocycles. The average Bonchev–Trinajstić information content (AvgIpc) is 3.38. The number of amides is 3. The lowest BCUT2D eigenvalue weighted by atomic mass is 10.0. The van der Waals surface area contributed by atoms with Crippen molar-refractivity contribution in [3.63, 3.8) is 0 Å². The van der Waals surface area contributed by atoms with Gasteiger partial charge in [0.1, 0.15) is 0 Å². The second-order valence-corrected chi connectivity index (χ2v) is 8.80. The van der Waals surface area contributed by atoms with Crippen molar-refractivity contribution in [2.75, 3.05) is 13.1 Å². The third kappa shape index (κ3) is 4.17. The summed E-state index contributed by atoms with van der Waals surface area (Å²) in [5.41, 5.74) is 2.40. The van der Waals surface area contributed by atoms with Crippen molar-refractivity contribution in [1.82, 2.24) is 15.0 Å². The van der Waals surface area contributed by atoms with Crippen molar-refractivity contribution in [2.45, 2.75) is 25.8 Å². The number of non-ortho nitro benzene ring substituents is 1. The topological polar surface area (TPSA) is 127 Å². The van der Waals surface area contributed by atoms with Gasteiger partial charge >= 0.3 is 0 Å². The summed E-state index contributed by atoms with van der Waals surface area (Å²) in [7, 11) is 0. The molecule has 3 amide bonds. The van der Waals surface area contributed by atoms with Crippen LogP contribution in [-0.4, -0.2) is 50.7 Å². The fourth-order valence-electron chi connectivity index (χ4n) is 4.40. The van der Waals surface area contributed by atoms with Crippen molar-refractivity contribution in [2.24, 2.45) is 0 Å². The van der Waals surface area contributed by atoms with E-state index in [4.69, 9.17) is 16.1 Å². The Labute approximate surface area is 204 Å². The van der Waals surface area contributed by atoms with Gasteiger partial charge in [-0.2, -0.15) is 0 Å². The SMILES string of the molecule is O=C(CCCN1C(=O)c2ccc([N+](=O)[O-])cc2C1=O)N1CCc2noc(-c3ccc(Cl)cc3)c2C1. The van der Waals surface area contributed by atoms with Gasteiger partial charge in [0.2, 0.25) is 5.91 Å². The van der Waals surface area contributed by atoms with Gasteiger partial charge in [-0.1, -0.05) is 16.8 Å². The summed E-state index contributed by atoms with van der Waals surface area (Å²) in [6.45, 7) is 0.898. The molecule has 11 heteroatoms. The molecule has 0 radical (unpaired) electrons. The van der Waals surface area contributed by atoms with Crippen LogP contribution in [0.3, 0.4) is 0 Å². The summed E-state index contributed by atoms with van der Waals surface area (Å²) >= 11 is 5.97. The molecular weight excluding hydrogens is 476 g/mol. The number of fused-ring (bicyclic) bond motifs is 2. The molecule has 5 rings (SSSR count). The van der Waals surface area contributed by atoms with Crippen LogP contribution in [0.15, 0.2) is 47.0 Å². The Kier molecular flexibility index (Phi) is 5.81. The van der Waals surface area contributed by atoms with E-state index in [1.54, 1.807) is 17.0 Å². The lowest BCUT2D eigenvalue weighted by Gasteiger charge is -2.26. The number of hydrogen-bond acceptors (Lipinski definition) is 7. The van der Waals surface area contributed by atoms with E-state index in [1.165, 1.54) is 12.1 Å². The summed E-state index contributed by atoms with van der Waals surface area (Å²) < 4.78 is 5.54. The van der Waals surface area contributed by atoms with Gasteiger partial charge in [-0.15, -0.1) is 0 Å². The number of carbonyl (C=O) groups excluding carboxylic acids is 3. The first-order valence-corrected chi connectivity index (χ1v) is 11.4. The quantitative estimate of drug-likeness (QED) is 0.289. The molecule has 0 aliphatic carbocycles. The average molecular weight is 495 g/mol. The molecule has 3 heterocycles. The van der Waals surface area contributed by atoms with Gasteiger partial charge in [0.15, 0.2) is 5.76 Å². The molecule has 1 aromatic heterocycles. The van der Waals surface area contributed by atoms with Gasteiger partial charge in [0.25, 0.3) is 17.5 Å². The van der Waals surface area contributed by atoms with E-state index in [0.717, 1.165) is 27.8 Å². The van der Waals surface area contributed by atoms with Gasteiger partial charge in [-0.25, -0.2) is 0 Å². The number of rotatable bonds is 6. The highest BCUT2D eigenvalue weighted by molar-refractivity contribution is 6.30. The van der Waals surface area contributed by atoms with Crippen molar-refractivity contribution >= 4 is 35.0 Å². The van der Waals surface area contributed by atoms with Gasteiger partial charge in [-0.05, 0) is 36.8 Å². The van der Waals surface area contributed by atoms with Crippen LogP contribution in [0.25, 0.3) is 11.3 Å². The van der Waals surface area contributed by atoms with Crippen LogP contribution in [0, 0.1) is 10.1 Å². The second-order valence-electron chi connectivity index (χ2n) is 8.36. The molecule has 0 spiro atoms. The zero-order chi connectivity index (χ0) is 24.7. The Balaban J connectivity index is 1.21. The van der Waals surface area contributed by atoms with Crippen LogP contribution >= 0.6 is 11.6 Å². The Morgan fingerprint density at radius 3 is 2.60 bits per heavy atom. The number of aromatic nitrogens is 1. The van der Waals surface area contributed by atoms with E-state index >= 15 is 0 Å². The van der Waals surface area contributed by atoms with Crippen molar-refractivity contribution in [3.8, 4) is 11.3 Å². The number of carbonyl (C=O) groups is 3. The molecule has 0 atom stereocenters. The molecule has 35 heavy (non-hydrogen) atoms. The smallest absolute Gasteiger partial charge is 0.270 e. The number of nitrogens with zero attached hydrogens (tertiary/aromatic N) is 4. The zero-order valence-electron chi connectivity index (χ0n) is 18.4. The summed E-state index contributed by atoms with van der Waals surface area (Å²) in [5, 5.41) is 15.7. The highest BCUT2D eigenvalue weighted by Crippen LogP contribution is 2.32. The fraction of sp³-hybridized carbons (Fsp3) is 0.250. The summed E-state index contributed by atoms with van der Waals surface area (Å²) in [5.74, 6) is -0.590. The maximum Gasteiger partial charge on any atom is 0.270 e. The normalized spacial score (nSPS) is 14.8. The third-order valence-corrected chi connectivity index (χ3v) is 6.49. The van der Waals surface area contributed by atoms with E-state index in [1.807, 2.05) is 12.1 Å². The van der Waals surface area contributed by atoms with Gasteiger partial charge in [0.05, 0.1) is 28.3 Å². The van der Waals surface area contributed by atoms with Gasteiger partial charge in [-0.3, -0.25) is 29.4 Å². The largest absolute Gasteiger partial charge is 0.356 e.